The highest BCUT2D eigenvalue weighted by molar-refractivity contribution is 7.22. The zero-order valence-electron chi connectivity index (χ0n) is 14.5. The Morgan fingerprint density at radius 2 is 1.93 bits per heavy atom. The molecule has 2 heterocycles. The van der Waals surface area contributed by atoms with Gasteiger partial charge in [0, 0.05) is 6.07 Å². The number of aromatic nitrogens is 1. The minimum atomic E-state index is -0.844. The number of nitrogens with zero attached hydrogens (tertiary/aromatic N) is 3. The number of hydrogen-bond acceptors (Lipinski definition) is 6. The van der Waals surface area contributed by atoms with Crippen LogP contribution < -0.4 is 4.90 Å². The third-order valence-electron chi connectivity index (χ3n) is 4.04. The first-order valence-corrected chi connectivity index (χ1v) is 9.09. The molecule has 0 saturated heterocycles. The molecule has 0 bridgehead atoms. The minimum absolute atomic E-state index is 0.0537. The zero-order chi connectivity index (χ0) is 20.5. The van der Waals surface area contributed by atoms with E-state index < -0.39 is 28.3 Å². The Hall–Kier alpha value is -3.66. The smallest absolute Gasteiger partial charge is 0.395 e. The molecule has 0 aliphatic carbocycles. The predicted octanol–water partition coefficient (Wildman–Crippen LogP) is 4.92. The van der Waals surface area contributed by atoms with E-state index >= 15 is 0 Å². The number of anilines is 1. The standard InChI is InChI=1S/C19H11F2N3O4S/c20-12-8-13(21)17-15(9-12)29-19(22-17)23(10-11-4-2-1-3-5-11)18(25)14-6-7-16(28-14)24(26)27/h1-9H,10H2. The van der Waals surface area contributed by atoms with Gasteiger partial charge in [-0.2, -0.15) is 0 Å². The predicted molar refractivity (Wildman–Crippen MR) is 102 cm³/mol. The molecule has 29 heavy (non-hydrogen) atoms. The maximum atomic E-state index is 14.1. The lowest BCUT2D eigenvalue weighted by atomic mass is 10.2. The molecule has 4 rings (SSSR count). The summed E-state index contributed by atoms with van der Waals surface area (Å²) in [5.74, 6) is -3.14. The summed E-state index contributed by atoms with van der Waals surface area (Å²) in [6, 6.07) is 13.0. The lowest BCUT2D eigenvalue weighted by molar-refractivity contribution is -0.402. The zero-order valence-corrected chi connectivity index (χ0v) is 15.4. The van der Waals surface area contributed by atoms with Gasteiger partial charge < -0.3 is 4.42 Å². The van der Waals surface area contributed by atoms with E-state index in [-0.39, 0.29) is 27.7 Å². The number of halogens is 2. The highest BCUT2D eigenvalue weighted by atomic mass is 32.1. The van der Waals surface area contributed by atoms with Gasteiger partial charge in [-0.1, -0.05) is 41.7 Å². The maximum Gasteiger partial charge on any atom is 0.433 e. The average Bonchev–Trinajstić information content (AvgIpc) is 3.34. The van der Waals surface area contributed by atoms with Crippen molar-refractivity contribution < 1.29 is 22.9 Å². The Morgan fingerprint density at radius 3 is 2.62 bits per heavy atom. The van der Waals surface area contributed by atoms with E-state index in [2.05, 4.69) is 4.98 Å². The van der Waals surface area contributed by atoms with Gasteiger partial charge in [-0.05, 0) is 17.7 Å². The summed E-state index contributed by atoms with van der Waals surface area (Å²) < 4.78 is 32.9. The average molecular weight is 415 g/mol. The van der Waals surface area contributed by atoms with E-state index in [9.17, 15) is 23.7 Å². The first kappa shape index (κ1) is 18.7. The topological polar surface area (TPSA) is 89.5 Å². The third kappa shape index (κ3) is 3.69. The van der Waals surface area contributed by atoms with Gasteiger partial charge in [0.2, 0.25) is 0 Å². The molecular weight excluding hydrogens is 404 g/mol. The van der Waals surface area contributed by atoms with Crippen LogP contribution in [0.5, 0.6) is 0 Å². The Balaban J connectivity index is 1.78. The van der Waals surface area contributed by atoms with Gasteiger partial charge in [0.15, 0.2) is 16.7 Å². The highest BCUT2D eigenvalue weighted by Gasteiger charge is 2.27. The Morgan fingerprint density at radius 1 is 1.17 bits per heavy atom. The first-order chi connectivity index (χ1) is 13.9. The van der Waals surface area contributed by atoms with Crippen LogP contribution in [0.25, 0.3) is 10.2 Å². The number of furan rings is 1. The quantitative estimate of drug-likeness (QED) is 0.341. The molecule has 0 aliphatic heterocycles. The number of carbonyl (C=O) groups excluding carboxylic acids is 1. The Kier molecular flexibility index (Phi) is 4.77. The second-order valence-electron chi connectivity index (χ2n) is 6.00. The summed E-state index contributed by atoms with van der Waals surface area (Å²) in [7, 11) is 0. The molecule has 2 aromatic carbocycles. The molecule has 0 unspecified atom stereocenters. The number of carbonyl (C=O) groups is 1. The van der Waals surface area contributed by atoms with Crippen molar-refractivity contribution in [1.82, 2.24) is 4.98 Å². The van der Waals surface area contributed by atoms with Gasteiger partial charge in [0.05, 0.1) is 17.3 Å². The number of amides is 1. The molecule has 146 valence electrons. The molecule has 0 fully saturated rings. The normalized spacial score (nSPS) is 11.0. The van der Waals surface area contributed by atoms with Crippen LogP contribution in [-0.4, -0.2) is 15.8 Å². The molecular formula is C19H11F2N3O4S. The number of nitro groups is 1. The van der Waals surface area contributed by atoms with E-state index in [0.717, 1.165) is 29.0 Å². The Bertz CT molecular complexity index is 1220. The number of hydrogen-bond donors (Lipinski definition) is 0. The van der Waals surface area contributed by atoms with E-state index in [1.165, 1.54) is 11.0 Å². The summed E-state index contributed by atoms with van der Waals surface area (Å²) in [5, 5.41) is 11.0. The molecule has 2 aromatic heterocycles. The van der Waals surface area contributed by atoms with Gasteiger partial charge in [0.25, 0.3) is 5.91 Å². The van der Waals surface area contributed by atoms with Gasteiger partial charge in [-0.25, -0.2) is 13.8 Å². The highest BCUT2D eigenvalue weighted by Crippen LogP contribution is 2.33. The molecule has 0 N–H and O–H groups in total. The van der Waals surface area contributed by atoms with Crippen LogP contribution in [0.4, 0.5) is 19.8 Å². The Labute approximate surface area is 166 Å². The fraction of sp³-hybridized carbons (Fsp3) is 0.0526. The fourth-order valence-electron chi connectivity index (χ4n) is 2.73. The van der Waals surface area contributed by atoms with E-state index in [1.54, 1.807) is 30.3 Å². The summed E-state index contributed by atoms with van der Waals surface area (Å²) in [4.78, 5) is 28.5. The van der Waals surface area contributed by atoms with Crippen molar-refractivity contribution in [2.45, 2.75) is 6.54 Å². The molecule has 10 heteroatoms. The van der Waals surface area contributed by atoms with Crippen molar-refractivity contribution >= 4 is 38.5 Å². The van der Waals surface area contributed by atoms with Crippen LogP contribution in [0, 0.1) is 21.7 Å². The van der Waals surface area contributed by atoms with Gasteiger partial charge >= 0.3 is 5.88 Å². The minimum Gasteiger partial charge on any atom is -0.395 e. The van der Waals surface area contributed by atoms with Crippen LogP contribution in [0.2, 0.25) is 0 Å². The summed E-state index contributed by atoms with van der Waals surface area (Å²) in [6.07, 6.45) is 0. The number of rotatable bonds is 5. The maximum absolute atomic E-state index is 14.1. The lowest BCUT2D eigenvalue weighted by Crippen LogP contribution is -2.30. The molecule has 0 radical (unpaired) electrons. The van der Waals surface area contributed by atoms with E-state index in [0.29, 0.717) is 6.07 Å². The van der Waals surface area contributed by atoms with E-state index in [1.807, 2.05) is 0 Å². The second kappa shape index (κ2) is 7.40. The van der Waals surface area contributed by atoms with Crippen molar-refractivity contribution in [1.29, 1.82) is 0 Å². The lowest BCUT2D eigenvalue weighted by Gasteiger charge is -2.18. The van der Waals surface area contributed by atoms with Gasteiger partial charge in [-0.3, -0.25) is 19.8 Å². The molecule has 0 saturated carbocycles. The molecule has 7 nitrogen and oxygen atoms in total. The molecule has 0 spiro atoms. The van der Waals surface area contributed by atoms with E-state index in [4.69, 9.17) is 4.42 Å². The number of benzene rings is 2. The van der Waals surface area contributed by atoms with Crippen molar-refractivity contribution in [2.24, 2.45) is 0 Å². The number of thiazole rings is 1. The molecule has 0 aliphatic rings. The first-order valence-electron chi connectivity index (χ1n) is 8.28. The van der Waals surface area contributed by atoms with Crippen molar-refractivity contribution in [3.63, 3.8) is 0 Å². The van der Waals surface area contributed by atoms with Crippen molar-refractivity contribution in [2.75, 3.05) is 4.90 Å². The largest absolute Gasteiger partial charge is 0.433 e. The monoisotopic (exact) mass is 415 g/mol. The third-order valence-corrected chi connectivity index (χ3v) is 5.07. The number of fused-ring (bicyclic) bond motifs is 1. The van der Waals surface area contributed by atoms with Crippen LogP contribution in [0.1, 0.15) is 16.1 Å². The van der Waals surface area contributed by atoms with Crippen LogP contribution in [0.3, 0.4) is 0 Å². The molecule has 4 aromatic rings. The fourth-order valence-corrected chi connectivity index (χ4v) is 3.73. The van der Waals surface area contributed by atoms with Gasteiger partial charge in [0.1, 0.15) is 16.3 Å². The second-order valence-corrected chi connectivity index (χ2v) is 7.01. The van der Waals surface area contributed by atoms with Gasteiger partial charge in [-0.15, -0.1) is 0 Å². The molecule has 0 atom stereocenters. The summed E-state index contributed by atoms with van der Waals surface area (Å²) in [6.45, 7) is 0.0537. The van der Waals surface area contributed by atoms with Crippen LogP contribution >= 0.6 is 11.3 Å². The van der Waals surface area contributed by atoms with Crippen molar-refractivity contribution in [3.8, 4) is 0 Å². The summed E-state index contributed by atoms with van der Waals surface area (Å²) >= 11 is 0.928. The van der Waals surface area contributed by atoms with Crippen LogP contribution in [0.15, 0.2) is 59.0 Å². The van der Waals surface area contributed by atoms with Crippen molar-refractivity contribution in [3.05, 3.63) is 87.7 Å². The SMILES string of the molecule is O=C(c1ccc([N+](=O)[O-])o1)N(Cc1ccccc1)c1nc2c(F)cc(F)cc2s1. The summed E-state index contributed by atoms with van der Waals surface area (Å²) in [5.41, 5.74) is 0.676. The van der Waals surface area contributed by atoms with Crippen LogP contribution in [-0.2, 0) is 6.54 Å². The molecule has 1 amide bonds.